The highest BCUT2D eigenvalue weighted by Crippen LogP contribution is 2.27. The Balaban J connectivity index is 1.50. The SMILES string of the molecule is Cc1cc(C(=O)CSc2nnc(-c3ccc(F)cc3)o2)c(C)n1-c1ccccc1F. The molecule has 2 aromatic carbocycles. The molecule has 0 atom stereocenters. The van der Waals surface area contributed by atoms with E-state index in [9.17, 15) is 13.6 Å². The zero-order valence-electron chi connectivity index (χ0n) is 16.2. The normalized spacial score (nSPS) is 11.1. The number of Topliss-reactive ketones (excluding diaryl/α,β-unsaturated/α-hetero) is 1. The summed E-state index contributed by atoms with van der Waals surface area (Å²) < 4.78 is 34.5. The molecule has 0 unspecified atom stereocenters. The predicted octanol–water partition coefficient (Wildman–Crippen LogP) is 5.40. The Morgan fingerprint density at radius 3 is 2.53 bits per heavy atom. The molecule has 8 heteroatoms. The lowest BCUT2D eigenvalue weighted by Crippen LogP contribution is -2.06. The van der Waals surface area contributed by atoms with Gasteiger partial charge in [-0.25, -0.2) is 8.78 Å². The topological polar surface area (TPSA) is 60.9 Å². The molecule has 0 N–H and O–H groups in total. The summed E-state index contributed by atoms with van der Waals surface area (Å²) in [6.45, 7) is 3.62. The van der Waals surface area contributed by atoms with Crippen LogP contribution in [0.1, 0.15) is 21.7 Å². The van der Waals surface area contributed by atoms with E-state index < -0.39 is 0 Å². The Bertz CT molecular complexity index is 1220. The number of thioether (sulfide) groups is 1. The van der Waals surface area contributed by atoms with Gasteiger partial charge in [0.15, 0.2) is 5.78 Å². The molecule has 0 bridgehead atoms. The van der Waals surface area contributed by atoms with Crippen molar-refractivity contribution in [1.82, 2.24) is 14.8 Å². The molecular formula is C22H17F2N3O2S. The van der Waals surface area contributed by atoms with Gasteiger partial charge in [0.25, 0.3) is 5.22 Å². The van der Waals surface area contributed by atoms with Gasteiger partial charge in [-0.1, -0.05) is 23.9 Å². The number of nitrogens with zero attached hydrogens (tertiary/aromatic N) is 3. The van der Waals surface area contributed by atoms with Crippen LogP contribution in [0.2, 0.25) is 0 Å². The molecule has 0 aliphatic heterocycles. The van der Waals surface area contributed by atoms with Gasteiger partial charge in [-0.05, 0) is 56.3 Å². The van der Waals surface area contributed by atoms with Crippen LogP contribution >= 0.6 is 11.8 Å². The van der Waals surface area contributed by atoms with E-state index in [0.717, 1.165) is 17.5 Å². The number of rotatable bonds is 6. The van der Waals surface area contributed by atoms with Crippen molar-refractivity contribution in [2.24, 2.45) is 0 Å². The average molecular weight is 425 g/mol. The van der Waals surface area contributed by atoms with Gasteiger partial charge in [0.1, 0.15) is 11.6 Å². The maximum atomic E-state index is 14.2. The highest BCUT2D eigenvalue weighted by Gasteiger charge is 2.19. The van der Waals surface area contributed by atoms with Crippen molar-refractivity contribution in [2.45, 2.75) is 19.1 Å². The fraction of sp³-hybridized carbons (Fsp3) is 0.136. The van der Waals surface area contributed by atoms with Crippen molar-refractivity contribution < 1.29 is 18.0 Å². The average Bonchev–Trinajstić information content (AvgIpc) is 3.32. The number of hydrogen-bond acceptors (Lipinski definition) is 5. The third-order valence-corrected chi connectivity index (χ3v) is 5.47. The molecule has 4 aromatic rings. The lowest BCUT2D eigenvalue weighted by molar-refractivity contribution is 0.102. The van der Waals surface area contributed by atoms with Crippen LogP contribution in [0.3, 0.4) is 0 Å². The third-order valence-electron chi connectivity index (χ3n) is 4.65. The first-order valence-electron chi connectivity index (χ1n) is 9.13. The molecule has 0 radical (unpaired) electrons. The van der Waals surface area contributed by atoms with Crippen molar-refractivity contribution in [2.75, 3.05) is 5.75 Å². The largest absolute Gasteiger partial charge is 0.411 e. The van der Waals surface area contributed by atoms with Gasteiger partial charge in [0.2, 0.25) is 5.89 Å². The standard InChI is InChI=1S/C22H17F2N3O2S/c1-13-11-17(14(2)27(13)19-6-4-3-5-18(19)24)20(28)12-30-22-26-25-21(29-22)15-7-9-16(23)10-8-15/h3-11H,12H2,1-2H3. The van der Waals surface area contributed by atoms with E-state index >= 15 is 0 Å². The second-order valence-corrected chi connectivity index (χ2v) is 7.59. The lowest BCUT2D eigenvalue weighted by Gasteiger charge is -2.10. The second-order valence-electron chi connectivity index (χ2n) is 6.66. The number of carbonyl (C=O) groups excluding carboxylic acids is 1. The van der Waals surface area contributed by atoms with Crippen molar-refractivity contribution in [3.8, 4) is 17.1 Å². The van der Waals surface area contributed by atoms with Gasteiger partial charge < -0.3 is 8.98 Å². The highest BCUT2D eigenvalue weighted by atomic mass is 32.2. The van der Waals surface area contributed by atoms with Gasteiger partial charge in [-0.15, -0.1) is 10.2 Å². The van der Waals surface area contributed by atoms with Gasteiger partial charge in [0, 0.05) is 22.5 Å². The Morgan fingerprint density at radius 1 is 1.07 bits per heavy atom. The number of hydrogen-bond donors (Lipinski definition) is 0. The van der Waals surface area contributed by atoms with Crippen LogP contribution in [-0.4, -0.2) is 26.3 Å². The van der Waals surface area contributed by atoms with E-state index in [4.69, 9.17) is 4.42 Å². The fourth-order valence-electron chi connectivity index (χ4n) is 3.23. The van der Waals surface area contributed by atoms with Crippen LogP contribution < -0.4 is 0 Å². The maximum absolute atomic E-state index is 14.2. The first kappa shape index (κ1) is 20.0. The number of carbonyl (C=O) groups is 1. The number of benzene rings is 2. The molecule has 0 saturated heterocycles. The summed E-state index contributed by atoms with van der Waals surface area (Å²) in [5.74, 6) is -0.495. The minimum absolute atomic E-state index is 0.0899. The first-order valence-corrected chi connectivity index (χ1v) is 10.1. The zero-order valence-corrected chi connectivity index (χ0v) is 17.0. The van der Waals surface area contributed by atoms with Crippen molar-refractivity contribution in [1.29, 1.82) is 0 Å². The maximum Gasteiger partial charge on any atom is 0.277 e. The Morgan fingerprint density at radius 2 is 1.80 bits per heavy atom. The Hall–Kier alpha value is -3.26. The minimum atomic E-state index is -0.355. The summed E-state index contributed by atoms with van der Waals surface area (Å²) in [6.07, 6.45) is 0. The molecule has 0 fully saturated rings. The van der Waals surface area contributed by atoms with Gasteiger partial charge in [0.05, 0.1) is 11.4 Å². The highest BCUT2D eigenvalue weighted by molar-refractivity contribution is 7.99. The zero-order chi connectivity index (χ0) is 21.3. The molecule has 0 aliphatic rings. The van der Waals surface area contributed by atoms with Crippen LogP contribution in [0.5, 0.6) is 0 Å². The number of aryl methyl sites for hydroxylation is 1. The summed E-state index contributed by atoms with van der Waals surface area (Å²) in [6, 6.07) is 13.9. The summed E-state index contributed by atoms with van der Waals surface area (Å²) in [7, 11) is 0. The molecule has 2 heterocycles. The van der Waals surface area contributed by atoms with Gasteiger partial charge in [-0.2, -0.15) is 0 Å². The van der Waals surface area contributed by atoms with Crippen LogP contribution in [0.4, 0.5) is 8.78 Å². The molecule has 5 nitrogen and oxygen atoms in total. The van der Waals surface area contributed by atoms with Crippen LogP contribution in [0.15, 0.2) is 64.2 Å². The van der Waals surface area contributed by atoms with Crippen molar-refractivity contribution in [3.63, 3.8) is 0 Å². The van der Waals surface area contributed by atoms with Gasteiger partial charge in [-0.3, -0.25) is 4.79 Å². The summed E-state index contributed by atoms with van der Waals surface area (Å²) in [4.78, 5) is 12.8. The lowest BCUT2D eigenvalue weighted by atomic mass is 10.2. The smallest absolute Gasteiger partial charge is 0.277 e. The van der Waals surface area contributed by atoms with Crippen molar-refractivity contribution >= 4 is 17.5 Å². The molecule has 0 saturated carbocycles. The molecule has 0 amide bonds. The van der Waals surface area contributed by atoms with E-state index in [2.05, 4.69) is 10.2 Å². The molecule has 152 valence electrons. The number of halogens is 2. The summed E-state index contributed by atoms with van der Waals surface area (Å²) in [5.41, 5.74) is 2.94. The molecule has 0 spiro atoms. The predicted molar refractivity (Wildman–Crippen MR) is 110 cm³/mol. The Kier molecular flexibility index (Phi) is 5.50. The quantitative estimate of drug-likeness (QED) is 0.306. The fourth-order valence-corrected chi connectivity index (χ4v) is 3.88. The minimum Gasteiger partial charge on any atom is -0.411 e. The molecule has 0 aliphatic carbocycles. The first-order chi connectivity index (χ1) is 14.4. The number of ketones is 1. The summed E-state index contributed by atoms with van der Waals surface area (Å²) in [5, 5.41) is 8.11. The van der Waals surface area contributed by atoms with E-state index in [1.54, 1.807) is 47.9 Å². The Labute approximate surface area is 175 Å². The number of aromatic nitrogens is 3. The van der Waals surface area contributed by atoms with E-state index in [1.807, 2.05) is 6.92 Å². The van der Waals surface area contributed by atoms with Crippen LogP contribution in [-0.2, 0) is 0 Å². The van der Waals surface area contributed by atoms with Gasteiger partial charge >= 0.3 is 0 Å². The van der Waals surface area contributed by atoms with E-state index in [0.29, 0.717) is 22.5 Å². The van der Waals surface area contributed by atoms with E-state index in [-0.39, 0.29) is 34.3 Å². The van der Waals surface area contributed by atoms with Crippen LogP contribution in [0, 0.1) is 25.5 Å². The monoisotopic (exact) mass is 425 g/mol. The number of para-hydroxylation sites is 1. The van der Waals surface area contributed by atoms with E-state index in [1.165, 1.54) is 18.2 Å². The summed E-state index contributed by atoms with van der Waals surface area (Å²) >= 11 is 1.12. The third kappa shape index (κ3) is 3.91. The van der Waals surface area contributed by atoms with Crippen LogP contribution in [0.25, 0.3) is 17.1 Å². The second kappa shape index (κ2) is 8.23. The van der Waals surface area contributed by atoms with Crippen molar-refractivity contribution in [3.05, 3.63) is 83.2 Å². The molecule has 4 rings (SSSR count). The molecule has 2 aromatic heterocycles. The molecule has 30 heavy (non-hydrogen) atoms. The molecular weight excluding hydrogens is 408 g/mol.